The van der Waals surface area contributed by atoms with Crippen molar-refractivity contribution in [3.05, 3.63) is 72.2 Å². The lowest BCUT2D eigenvalue weighted by atomic mass is 10.1. The van der Waals surface area contributed by atoms with Crippen LogP contribution in [0.4, 0.5) is 0 Å². The van der Waals surface area contributed by atoms with Gasteiger partial charge >= 0.3 is 0 Å². The highest BCUT2D eigenvalue weighted by Crippen LogP contribution is 2.33. The number of rotatable bonds is 6. The van der Waals surface area contributed by atoms with Gasteiger partial charge in [-0.25, -0.2) is 4.68 Å². The van der Waals surface area contributed by atoms with E-state index in [1.165, 1.54) is 0 Å². The van der Waals surface area contributed by atoms with Gasteiger partial charge in [0.05, 0.1) is 11.9 Å². The average Bonchev–Trinajstić information content (AvgIpc) is 3.43. The van der Waals surface area contributed by atoms with Crippen LogP contribution in [0.2, 0.25) is 0 Å². The van der Waals surface area contributed by atoms with E-state index in [-0.39, 0.29) is 11.2 Å². The zero-order valence-corrected chi connectivity index (χ0v) is 17.7. The number of carbonyl (C=O) groups excluding carboxylic acids is 1. The Morgan fingerprint density at radius 1 is 1.13 bits per heavy atom. The van der Waals surface area contributed by atoms with Crippen LogP contribution in [0.15, 0.2) is 66.2 Å². The van der Waals surface area contributed by atoms with E-state index in [1.807, 2.05) is 42.1 Å². The average molecular weight is 420 g/mol. The summed E-state index contributed by atoms with van der Waals surface area (Å²) in [4.78, 5) is 11.7. The molecule has 30 heavy (non-hydrogen) atoms. The molecule has 2 aromatic carbocycles. The van der Waals surface area contributed by atoms with Crippen molar-refractivity contribution in [1.82, 2.24) is 35.1 Å². The number of benzene rings is 2. The molecule has 4 rings (SSSR count). The highest BCUT2D eigenvalue weighted by atomic mass is 32.2. The Bertz CT molecular complexity index is 1170. The standard InChI is InChI=1S/C21H21N7OS/c1-14(30-21-25-23-13-27(21)3)17-5-4-6-18(11-17)28-12-19(24-26-28)15-7-9-16(10-8-15)20(29)22-2/h4-14H,1-3H3,(H,22,29). The fourth-order valence-corrected chi connectivity index (χ4v) is 3.89. The molecule has 0 spiro atoms. The molecular formula is C21H21N7OS. The summed E-state index contributed by atoms with van der Waals surface area (Å²) in [7, 11) is 3.55. The van der Waals surface area contributed by atoms with Gasteiger partial charge < -0.3 is 9.88 Å². The van der Waals surface area contributed by atoms with Gasteiger partial charge in [0.25, 0.3) is 5.91 Å². The molecule has 0 aliphatic carbocycles. The van der Waals surface area contributed by atoms with Crippen LogP contribution in [0.5, 0.6) is 0 Å². The first-order chi connectivity index (χ1) is 14.5. The molecule has 1 unspecified atom stereocenters. The SMILES string of the molecule is CNC(=O)c1ccc(-c2cn(-c3cccc(C(C)Sc4nncn4C)c3)nn2)cc1. The highest BCUT2D eigenvalue weighted by Gasteiger charge is 2.13. The lowest BCUT2D eigenvalue weighted by molar-refractivity contribution is 0.0963. The summed E-state index contributed by atoms with van der Waals surface area (Å²) in [6.45, 7) is 2.14. The number of nitrogens with one attached hydrogen (secondary N) is 1. The maximum Gasteiger partial charge on any atom is 0.251 e. The van der Waals surface area contributed by atoms with Gasteiger partial charge in [0.15, 0.2) is 5.16 Å². The molecule has 1 amide bonds. The van der Waals surface area contributed by atoms with Crippen LogP contribution in [0.25, 0.3) is 16.9 Å². The maximum absolute atomic E-state index is 11.7. The largest absolute Gasteiger partial charge is 0.355 e. The normalized spacial score (nSPS) is 12.0. The zero-order chi connectivity index (χ0) is 21.1. The summed E-state index contributed by atoms with van der Waals surface area (Å²) in [6, 6.07) is 15.5. The molecule has 2 aromatic heterocycles. The number of thioether (sulfide) groups is 1. The van der Waals surface area contributed by atoms with Gasteiger partial charge in [-0.15, -0.1) is 15.3 Å². The first-order valence-corrected chi connectivity index (χ1v) is 10.3. The second kappa shape index (κ2) is 8.50. The molecule has 2 heterocycles. The van der Waals surface area contributed by atoms with E-state index in [9.17, 15) is 4.79 Å². The van der Waals surface area contributed by atoms with Gasteiger partial charge in [0, 0.05) is 30.5 Å². The Morgan fingerprint density at radius 3 is 2.63 bits per heavy atom. The second-order valence-electron chi connectivity index (χ2n) is 6.78. The third kappa shape index (κ3) is 4.11. The summed E-state index contributed by atoms with van der Waals surface area (Å²) in [5, 5.41) is 20.3. The summed E-state index contributed by atoms with van der Waals surface area (Å²) in [6.07, 6.45) is 3.58. The van der Waals surface area contributed by atoms with Crippen molar-refractivity contribution in [2.45, 2.75) is 17.3 Å². The van der Waals surface area contributed by atoms with Crippen LogP contribution in [-0.2, 0) is 7.05 Å². The van der Waals surface area contributed by atoms with Crippen molar-refractivity contribution in [1.29, 1.82) is 0 Å². The molecule has 8 nitrogen and oxygen atoms in total. The summed E-state index contributed by atoms with van der Waals surface area (Å²) >= 11 is 1.65. The third-order valence-electron chi connectivity index (χ3n) is 4.72. The molecular weight excluding hydrogens is 398 g/mol. The molecule has 0 aliphatic rings. The van der Waals surface area contributed by atoms with Crippen LogP contribution in [-0.4, -0.2) is 42.7 Å². The smallest absolute Gasteiger partial charge is 0.251 e. The quantitative estimate of drug-likeness (QED) is 0.483. The van der Waals surface area contributed by atoms with Gasteiger partial charge in [-0.05, 0) is 36.8 Å². The monoisotopic (exact) mass is 419 g/mol. The molecule has 0 aliphatic heterocycles. The Balaban J connectivity index is 1.54. The topological polar surface area (TPSA) is 90.5 Å². The number of hydrogen-bond donors (Lipinski definition) is 1. The predicted molar refractivity (Wildman–Crippen MR) is 115 cm³/mol. The number of aryl methyl sites for hydroxylation is 1. The maximum atomic E-state index is 11.7. The van der Waals surface area contributed by atoms with Crippen molar-refractivity contribution in [3.63, 3.8) is 0 Å². The number of carbonyl (C=O) groups is 1. The number of hydrogen-bond acceptors (Lipinski definition) is 6. The van der Waals surface area contributed by atoms with Crippen LogP contribution < -0.4 is 5.32 Å². The minimum atomic E-state index is -0.115. The van der Waals surface area contributed by atoms with E-state index < -0.39 is 0 Å². The van der Waals surface area contributed by atoms with E-state index in [0.717, 1.165) is 27.7 Å². The van der Waals surface area contributed by atoms with Crippen LogP contribution in [0, 0.1) is 0 Å². The van der Waals surface area contributed by atoms with E-state index in [0.29, 0.717) is 5.56 Å². The Hall–Kier alpha value is -3.46. The van der Waals surface area contributed by atoms with Crippen molar-refractivity contribution >= 4 is 17.7 Å². The van der Waals surface area contributed by atoms with Crippen molar-refractivity contribution in [2.24, 2.45) is 7.05 Å². The number of aromatic nitrogens is 6. The Morgan fingerprint density at radius 2 is 1.93 bits per heavy atom. The Kier molecular flexibility index (Phi) is 5.62. The van der Waals surface area contributed by atoms with E-state index in [2.05, 4.69) is 44.9 Å². The molecule has 152 valence electrons. The second-order valence-corrected chi connectivity index (χ2v) is 8.09. The van der Waals surface area contributed by atoms with Crippen molar-refractivity contribution in [3.8, 4) is 16.9 Å². The van der Waals surface area contributed by atoms with E-state index in [1.54, 1.807) is 42.0 Å². The summed E-state index contributed by atoms with van der Waals surface area (Å²) in [5.41, 5.74) is 4.34. The minimum absolute atomic E-state index is 0.115. The lowest BCUT2D eigenvalue weighted by Crippen LogP contribution is -2.17. The molecule has 9 heteroatoms. The lowest BCUT2D eigenvalue weighted by Gasteiger charge is -2.12. The third-order valence-corrected chi connectivity index (χ3v) is 5.93. The van der Waals surface area contributed by atoms with Crippen molar-refractivity contribution < 1.29 is 4.79 Å². The molecule has 0 saturated carbocycles. The fourth-order valence-electron chi connectivity index (χ4n) is 2.98. The first kappa shape index (κ1) is 19.8. The highest BCUT2D eigenvalue weighted by molar-refractivity contribution is 7.99. The summed E-state index contributed by atoms with van der Waals surface area (Å²) in [5.74, 6) is -0.115. The number of amides is 1. The van der Waals surface area contributed by atoms with Crippen LogP contribution in [0.3, 0.4) is 0 Å². The number of nitrogens with zero attached hydrogens (tertiary/aromatic N) is 6. The van der Waals surface area contributed by atoms with Crippen molar-refractivity contribution in [2.75, 3.05) is 7.05 Å². The van der Waals surface area contributed by atoms with Gasteiger partial charge in [-0.2, -0.15) is 0 Å². The molecule has 0 radical (unpaired) electrons. The van der Waals surface area contributed by atoms with Gasteiger partial charge in [0.1, 0.15) is 12.0 Å². The molecule has 1 atom stereocenters. The Labute approximate surface area is 178 Å². The first-order valence-electron chi connectivity index (χ1n) is 9.41. The van der Waals surface area contributed by atoms with Gasteiger partial charge in [0.2, 0.25) is 0 Å². The molecule has 0 fully saturated rings. The van der Waals surface area contributed by atoms with E-state index in [4.69, 9.17) is 0 Å². The molecule has 4 aromatic rings. The fraction of sp³-hybridized carbons (Fsp3) is 0.190. The molecule has 0 saturated heterocycles. The van der Waals surface area contributed by atoms with Crippen LogP contribution >= 0.6 is 11.8 Å². The molecule has 1 N–H and O–H groups in total. The molecule has 0 bridgehead atoms. The predicted octanol–water partition coefficient (Wildman–Crippen LogP) is 3.28. The van der Waals surface area contributed by atoms with Crippen LogP contribution in [0.1, 0.15) is 28.1 Å². The minimum Gasteiger partial charge on any atom is -0.355 e. The van der Waals surface area contributed by atoms with Gasteiger partial charge in [-0.3, -0.25) is 4.79 Å². The van der Waals surface area contributed by atoms with E-state index >= 15 is 0 Å². The summed E-state index contributed by atoms with van der Waals surface area (Å²) < 4.78 is 3.66. The van der Waals surface area contributed by atoms with Gasteiger partial charge in [-0.1, -0.05) is 41.2 Å². The zero-order valence-electron chi connectivity index (χ0n) is 16.9.